The van der Waals surface area contributed by atoms with Crippen molar-refractivity contribution in [2.24, 2.45) is 5.92 Å². The Morgan fingerprint density at radius 2 is 2.35 bits per heavy atom. The number of furan rings is 1. The maximum atomic E-state index is 12.5. The molecular weight excluding hydrogens is 292 g/mol. The molecule has 0 N–H and O–H groups in total. The van der Waals surface area contributed by atoms with Gasteiger partial charge in [-0.05, 0) is 44.0 Å². The van der Waals surface area contributed by atoms with Gasteiger partial charge in [0.15, 0.2) is 5.76 Å². The van der Waals surface area contributed by atoms with Gasteiger partial charge in [-0.1, -0.05) is 0 Å². The van der Waals surface area contributed by atoms with E-state index in [0.717, 1.165) is 32.5 Å². The molecule has 6 nitrogen and oxygen atoms in total. The highest BCUT2D eigenvalue weighted by Gasteiger charge is 2.43. The average Bonchev–Trinajstić information content (AvgIpc) is 3.30. The number of piperidine rings is 1. The van der Waals surface area contributed by atoms with Crippen molar-refractivity contribution in [1.82, 2.24) is 19.6 Å². The van der Waals surface area contributed by atoms with E-state index in [1.807, 2.05) is 28.0 Å². The number of likely N-dealkylation sites (N-methyl/N-ethyl adjacent to an activating group) is 1. The second-order valence-electron chi connectivity index (χ2n) is 6.63. The molecule has 0 aliphatic carbocycles. The van der Waals surface area contributed by atoms with E-state index in [1.54, 1.807) is 18.4 Å². The fourth-order valence-corrected chi connectivity index (χ4v) is 4.14. The molecule has 2 fully saturated rings. The molecule has 6 heteroatoms. The van der Waals surface area contributed by atoms with Crippen molar-refractivity contribution in [2.75, 3.05) is 20.1 Å². The monoisotopic (exact) mass is 314 g/mol. The van der Waals surface area contributed by atoms with E-state index in [-0.39, 0.29) is 5.91 Å². The Morgan fingerprint density at radius 3 is 3.09 bits per heavy atom. The molecular formula is C17H22N4O2. The smallest absolute Gasteiger partial charge is 0.289 e. The van der Waals surface area contributed by atoms with Crippen LogP contribution in [0.2, 0.25) is 0 Å². The van der Waals surface area contributed by atoms with E-state index in [2.05, 4.69) is 17.0 Å². The molecule has 4 rings (SSSR count). The molecule has 0 radical (unpaired) electrons. The highest BCUT2D eigenvalue weighted by Crippen LogP contribution is 2.35. The van der Waals surface area contributed by atoms with E-state index in [4.69, 9.17) is 4.42 Å². The van der Waals surface area contributed by atoms with Crippen molar-refractivity contribution < 1.29 is 9.21 Å². The molecule has 23 heavy (non-hydrogen) atoms. The van der Waals surface area contributed by atoms with Crippen LogP contribution in [0.1, 0.15) is 23.4 Å². The Hall–Kier alpha value is -2.08. The van der Waals surface area contributed by atoms with Gasteiger partial charge in [-0.3, -0.25) is 14.4 Å². The van der Waals surface area contributed by atoms with Gasteiger partial charge in [0.25, 0.3) is 5.91 Å². The predicted octanol–water partition coefficient (Wildman–Crippen LogP) is 1.71. The fraction of sp³-hybridized carbons (Fsp3) is 0.529. The molecule has 1 amide bonds. The van der Waals surface area contributed by atoms with E-state index < -0.39 is 0 Å². The summed E-state index contributed by atoms with van der Waals surface area (Å²) in [6.45, 7) is 2.55. The minimum Gasteiger partial charge on any atom is -0.459 e. The second-order valence-corrected chi connectivity index (χ2v) is 6.63. The summed E-state index contributed by atoms with van der Waals surface area (Å²) in [7, 11) is 2.21. The first kappa shape index (κ1) is 14.5. The average molecular weight is 314 g/mol. The van der Waals surface area contributed by atoms with Gasteiger partial charge in [-0.25, -0.2) is 0 Å². The minimum atomic E-state index is 0.0200. The van der Waals surface area contributed by atoms with Crippen molar-refractivity contribution in [1.29, 1.82) is 0 Å². The normalized spacial score (nSPS) is 28.0. The first-order valence-corrected chi connectivity index (χ1v) is 8.24. The van der Waals surface area contributed by atoms with Gasteiger partial charge in [-0.2, -0.15) is 5.10 Å². The quantitative estimate of drug-likeness (QED) is 0.865. The third-order valence-electron chi connectivity index (χ3n) is 5.34. The first-order valence-electron chi connectivity index (χ1n) is 8.24. The maximum Gasteiger partial charge on any atom is 0.289 e. The van der Waals surface area contributed by atoms with Crippen LogP contribution >= 0.6 is 0 Å². The first-order chi connectivity index (χ1) is 11.2. The van der Waals surface area contributed by atoms with Crippen LogP contribution < -0.4 is 0 Å². The van der Waals surface area contributed by atoms with Crippen molar-refractivity contribution in [2.45, 2.75) is 31.5 Å². The van der Waals surface area contributed by atoms with Crippen LogP contribution in [-0.4, -0.2) is 57.7 Å². The van der Waals surface area contributed by atoms with Gasteiger partial charge in [0, 0.05) is 37.6 Å². The van der Waals surface area contributed by atoms with Crippen molar-refractivity contribution in [3.8, 4) is 0 Å². The summed E-state index contributed by atoms with van der Waals surface area (Å²) in [5, 5.41) is 4.32. The summed E-state index contributed by atoms with van der Waals surface area (Å²) in [5.41, 5.74) is 0. The van der Waals surface area contributed by atoms with Crippen LogP contribution in [-0.2, 0) is 6.54 Å². The molecule has 0 saturated carbocycles. The minimum absolute atomic E-state index is 0.0200. The Kier molecular flexibility index (Phi) is 3.69. The van der Waals surface area contributed by atoms with Gasteiger partial charge in [0.05, 0.1) is 12.8 Å². The van der Waals surface area contributed by atoms with Crippen LogP contribution in [0.15, 0.2) is 41.3 Å². The molecule has 0 bridgehead atoms. The van der Waals surface area contributed by atoms with Gasteiger partial charge >= 0.3 is 0 Å². The number of aromatic nitrogens is 2. The lowest BCUT2D eigenvalue weighted by molar-refractivity contribution is 0.0577. The SMILES string of the molecule is CN1[C@@H](Cn2cccn2)C[C@H]2CN(C(=O)c3ccco3)CC[C@H]21. The summed E-state index contributed by atoms with van der Waals surface area (Å²) in [4.78, 5) is 16.9. The number of likely N-dealkylation sites (tertiary alicyclic amines) is 2. The van der Waals surface area contributed by atoms with Crippen LogP contribution in [0, 0.1) is 5.92 Å². The Morgan fingerprint density at radius 1 is 1.43 bits per heavy atom. The summed E-state index contributed by atoms with van der Waals surface area (Å²) in [6, 6.07) is 6.53. The van der Waals surface area contributed by atoms with E-state index in [9.17, 15) is 4.79 Å². The van der Waals surface area contributed by atoms with Crippen LogP contribution in [0.5, 0.6) is 0 Å². The lowest BCUT2D eigenvalue weighted by Gasteiger charge is -2.37. The molecule has 0 aromatic carbocycles. The Bertz CT molecular complexity index is 652. The lowest BCUT2D eigenvalue weighted by Crippen LogP contribution is -2.47. The summed E-state index contributed by atoms with van der Waals surface area (Å²) >= 11 is 0. The fourth-order valence-electron chi connectivity index (χ4n) is 4.14. The van der Waals surface area contributed by atoms with Gasteiger partial charge in [0.2, 0.25) is 0 Å². The van der Waals surface area contributed by atoms with Gasteiger partial charge < -0.3 is 9.32 Å². The third kappa shape index (κ3) is 2.67. The number of hydrogen-bond donors (Lipinski definition) is 0. The number of carbonyl (C=O) groups is 1. The van der Waals surface area contributed by atoms with Crippen molar-refractivity contribution in [3.05, 3.63) is 42.6 Å². The zero-order valence-corrected chi connectivity index (χ0v) is 13.3. The molecule has 2 aliphatic heterocycles. The maximum absolute atomic E-state index is 12.5. The highest BCUT2D eigenvalue weighted by molar-refractivity contribution is 5.91. The molecule has 4 heterocycles. The molecule has 2 saturated heterocycles. The van der Waals surface area contributed by atoms with Crippen LogP contribution in [0.3, 0.4) is 0 Å². The van der Waals surface area contributed by atoms with Crippen molar-refractivity contribution in [3.63, 3.8) is 0 Å². The summed E-state index contributed by atoms with van der Waals surface area (Å²) in [6.07, 6.45) is 7.55. The molecule has 122 valence electrons. The number of amides is 1. The molecule has 2 aliphatic rings. The van der Waals surface area contributed by atoms with Crippen LogP contribution in [0.4, 0.5) is 0 Å². The number of hydrogen-bond acceptors (Lipinski definition) is 4. The molecule has 3 atom stereocenters. The Labute approximate surface area is 135 Å². The van der Waals surface area contributed by atoms with Crippen molar-refractivity contribution >= 4 is 5.91 Å². The highest BCUT2D eigenvalue weighted by atomic mass is 16.3. The molecule has 0 spiro atoms. The predicted molar refractivity (Wildman–Crippen MR) is 84.9 cm³/mol. The number of carbonyl (C=O) groups excluding carboxylic acids is 1. The number of fused-ring (bicyclic) bond motifs is 1. The largest absolute Gasteiger partial charge is 0.459 e. The Balaban J connectivity index is 1.43. The topological polar surface area (TPSA) is 54.5 Å². The molecule has 0 unspecified atom stereocenters. The number of nitrogens with zero attached hydrogens (tertiary/aromatic N) is 4. The third-order valence-corrected chi connectivity index (χ3v) is 5.34. The van der Waals surface area contributed by atoms with E-state index in [0.29, 0.717) is 23.8 Å². The van der Waals surface area contributed by atoms with E-state index in [1.165, 1.54) is 0 Å². The second kappa shape index (κ2) is 5.85. The standard InChI is InChI=1S/C17H22N4O2/c1-19-14(12-21-7-3-6-18-21)10-13-11-20(8-5-15(13)19)17(22)16-4-2-9-23-16/h2-4,6-7,9,13-15H,5,8,10-12H2,1H3/t13-,14+,15+/m0/s1. The van der Waals surface area contributed by atoms with Crippen LogP contribution in [0.25, 0.3) is 0 Å². The lowest BCUT2D eigenvalue weighted by atomic mass is 9.92. The zero-order chi connectivity index (χ0) is 15.8. The summed E-state index contributed by atoms with van der Waals surface area (Å²) < 4.78 is 7.26. The van der Waals surface area contributed by atoms with Gasteiger partial charge in [0.1, 0.15) is 0 Å². The molecule has 2 aromatic heterocycles. The van der Waals surface area contributed by atoms with Gasteiger partial charge in [-0.15, -0.1) is 0 Å². The summed E-state index contributed by atoms with van der Waals surface area (Å²) in [5.74, 6) is 1.00. The number of rotatable bonds is 3. The van der Waals surface area contributed by atoms with E-state index >= 15 is 0 Å². The molecule has 2 aromatic rings. The zero-order valence-electron chi connectivity index (χ0n) is 13.3.